The number of nitrogens with zero attached hydrogens (tertiary/aromatic N) is 3. The van der Waals surface area contributed by atoms with Crippen molar-refractivity contribution in [2.75, 3.05) is 18.0 Å². The van der Waals surface area contributed by atoms with Gasteiger partial charge in [0.15, 0.2) is 0 Å². The van der Waals surface area contributed by atoms with E-state index in [0.717, 1.165) is 23.9 Å². The van der Waals surface area contributed by atoms with Gasteiger partial charge in [0.2, 0.25) is 11.0 Å². The van der Waals surface area contributed by atoms with Crippen molar-refractivity contribution in [1.82, 2.24) is 14.7 Å². The predicted octanol–water partition coefficient (Wildman–Crippen LogP) is 4.45. The Morgan fingerprint density at radius 3 is 2.43 bits per heavy atom. The van der Waals surface area contributed by atoms with Gasteiger partial charge in [-0.2, -0.15) is 4.37 Å². The van der Waals surface area contributed by atoms with Crippen LogP contribution in [0, 0.1) is 18.8 Å². The summed E-state index contributed by atoms with van der Waals surface area (Å²) in [6, 6.07) is 8.67. The van der Waals surface area contributed by atoms with Gasteiger partial charge < -0.3 is 10.2 Å². The Kier molecular flexibility index (Phi) is 8.42. The fraction of sp³-hybridized carbons (Fsp3) is 0.591. The maximum atomic E-state index is 12.3. The van der Waals surface area contributed by atoms with Crippen molar-refractivity contribution in [3.05, 3.63) is 41.2 Å². The van der Waals surface area contributed by atoms with Crippen LogP contribution < -0.4 is 10.2 Å². The van der Waals surface area contributed by atoms with Gasteiger partial charge in [-0.1, -0.05) is 57.5 Å². The molecule has 1 atom stereocenters. The lowest BCUT2D eigenvalue weighted by Crippen LogP contribution is -2.38. The number of rotatable bonds is 10. The number of hydrogen-bond acceptors (Lipinski definition) is 5. The first-order valence-corrected chi connectivity index (χ1v) is 10.9. The second kappa shape index (κ2) is 10.6. The van der Waals surface area contributed by atoms with Crippen LogP contribution in [0.2, 0.25) is 0 Å². The molecular formula is C22H34N4OS. The van der Waals surface area contributed by atoms with E-state index in [4.69, 9.17) is 4.98 Å². The van der Waals surface area contributed by atoms with E-state index in [1.165, 1.54) is 22.7 Å². The maximum Gasteiger partial charge on any atom is 0.221 e. The first-order valence-electron chi connectivity index (χ1n) is 10.2. The Hall–Kier alpha value is -1.95. The normalized spacial score (nSPS) is 12.4. The zero-order chi connectivity index (χ0) is 20.7. The molecule has 1 amide bonds. The first kappa shape index (κ1) is 22.3. The van der Waals surface area contributed by atoms with Crippen molar-refractivity contribution in [1.29, 1.82) is 0 Å². The highest BCUT2D eigenvalue weighted by Gasteiger charge is 2.17. The summed E-state index contributed by atoms with van der Waals surface area (Å²) < 4.78 is 4.55. The summed E-state index contributed by atoms with van der Waals surface area (Å²) in [6.07, 6.45) is 1.20. The molecule has 0 saturated carbocycles. The minimum absolute atomic E-state index is 0.0966. The molecule has 0 bridgehead atoms. The molecule has 0 fully saturated rings. The molecule has 0 saturated heterocycles. The van der Waals surface area contributed by atoms with Gasteiger partial charge in [-0.05, 0) is 31.2 Å². The van der Waals surface area contributed by atoms with E-state index in [0.29, 0.717) is 24.8 Å². The van der Waals surface area contributed by atoms with Crippen LogP contribution in [-0.2, 0) is 11.2 Å². The quantitative estimate of drug-likeness (QED) is 0.638. The van der Waals surface area contributed by atoms with E-state index in [9.17, 15) is 4.79 Å². The molecule has 5 nitrogen and oxygen atoms in total. The number of hydrogen-bond donors (Lipinski definition) is 1. The molecule has 0 aliphatic rings. The van der Waals surface area contributed by atoms with E-state index in [2.05, 4.69) is 80.4 Å². The van der Waals surface area contributed by atoms with Crippen LogP contribution in [-0.4, -0.2) is 34.4 Å². The smallest absolute Gasteiger partial charge is 0.221 e. The summed E-state index contributed by atoms with van der Waals surface area (Å²) >= 11 is 1.43. The largest absolute Gasteiger partial charge is 0.353 e. The molecule has 1 heterocycles. The van der Waals surface area contributed by atoms with Gasteiger partial charge in [0.1, 0.15) is 5.82 Å². The molecule has 0 unspecified atom stereocenters. The highest BCUT2D eigenvalue weighted by atomic mass is 32.1. The molecule has 28 heavy (non-hydrogen) atoms. The standard InChI is InChI=1S/C22H34N4OS/c1-15(2)14-26(12-11-21(27)23-18(6)16(3)4)22-24-20(25-28-22)13-19-9-7-17(5)8-10-19/h7-10,15-16,18H,11-14H2,1-6H3,(H,23,27)/t18-/m0/s1. The van der Waals surface area contributed by atoms with Gasteiger partial charge >= 0.3 is 0 Å². The Balaban J connectivity index is 1.99. The summed E-state index contributed by atoms with van der Waals surface area (Å²) in [5.41, 5.74) is 2.47. The van der Waals surface area contributed by atoms with Gasteiger partial charge in [-0.15, -0.1) is 0 Å². The summed E-state index contributed by atoms with van der Waals surface area (Å²) in [4.78, 5) is 19.2. The fourth-order valence-electron chi connectivity index (χ4n) is 2.77. The summed E-state index contributed by atoms with van der Waals surface area (Å²) in [6.45, 7) is 14.3. The molecule has 2 rings (SSSR count). The molecule has 0 aliphatic heterocycles. The number of benzene rings is 1. The lowest BCUT2D eigenvalue weighted by molar-refractivity contribution is -0.121. The lowest BCUT2D eigenvalue weighted by atomic mass is 10.1. The number of anilines is 1. The van der Waals surface area contributed by atoms with Crippen molar-refractivity contribution in [2.45, 2.75) is 60.4 Å². The third kappa shape index (κ3) is 7.23. The molecule has 0 spiro atoms. The molecule has 1 N–H and O–H groups in total. The molecule has 1 aromatic heterocycles. The Morgan fingerprint density at radius 2 is 1.82 bits per heavy atom. The van der Waals surface area contributed by atoms with Crippen molar-refractivity contribution in [3.63, 3.8) is 0 Å². The van der Waals surface area contributed by atoms with Crippen LogP contribution in [0.4, 0.5) is 5.13 Å². The average molecular weight is 403 g/mol. The number of aryl methyl sites for hydroxylation is 1. The fourth-order valence-corrected chi connectivity index (χ4v) is 3.49. The van der Waals surface area contributed by atoms with E-state index in [1.54, 1.807) is 0 Å². The van der Waals surface area contributed by atoms with Crippen LogP contribution in [0.5, 0.6) is 0 Å². The Labute approximate surface area is 173 Å². The molecule has 1 aromatic carbocycles. The van der Waals surface area contributed by atoms with Gasteiger partial charge in [0, 0.05) is 43.5 Å². The summed E-state index contributed by atoms with van der Waals surface area (Å²) in [7, 11) is 0. The minimum Gasteiger partial charge on any atom is -0.353 e. The molecular weight excluding hydrogens is 368 g/mol. The molecule has 0 aliphatic carbocycles. The monoisotopic (exact) mass is 402 g/mol. The lowest BCUT2D eigenvalue weighted by Gasteiger charge is -2.24. The molecule has 2 aromatic rings. The number of carbonyl (C=O) groups is 1. The van der Waals surface area contributed by atoms with Crippen molar-refractivity contribution in [3.8, 4) is 0 Å². The second-order valence-corrected chi connectivity index (χ2v) is 9.08. The highest BCUT2D eigenvalue weighted by molar-refractivity contribution is 7.09. The average Bonchev–Trinajstić information content (AvgIpc) is 3.08. The SMILES string of the molecule is Cc1ccc(Cc2nsc(N(CCC(=O)N[C@@H](C)C(C)C)CC(C)C)n2)cc1. The van der Waals surface area contributed by atoms with Crippen LogP contribution in [0.25, 0.3) is 0 Å². The van der Waals surface area contributed by atoms with Gasteiger partial charge in [0.25, 0.3) is 0 Å². The molecule has 6 heteroatoms. The number of carbonyl (C=O) groups excluding carboxylic acids is 1. The zero-order valence-corrected chi connectivity index (χ0v) is 18.8. The van der Waals surface area contributed by atoms with Gasteiger partial charge in [0.05, 0.1) is 0 Å². The van der Waals surface area contributed by atoms with Crippen LogP contribution >= 0.6 is 11.5 Å². The second-order valence-electron chi connectivity index (χ2n) is 8.35. The van der Waals surface area contributed by atoms with Crippen LogP contribution in [0.15, 0.2) is 24.3 Å². The topological polar surface area (TPSA) is 58.1 Å². The molecule has 154 valence electrons. The van der Waals surface area contributed by atoms with Crippen molar-refractivity contribution < 1.29 is 4.79 Å². The van der Waals surface area contributed by atoms with Gasteiger partial charge in [-0.3, -0.25) is 4.79 Å². The van der Waals surface area contributed by atoms with E-state index in [-0.39, 0.29) is 11.9 Å². The number of nitrogens with one attached hydrogen (secondary N) is 1. The highest BCUT2D eigenvalue weighted by Crippen LogP contribution is 2.21. The maximum absolute atomic E-state index is 12.3. The van der Waals surface area contributed by atoms with Crippen molar-refractivity contribution in [2.24, 2.45) is 11.8 Å². The van der Waals surface area contributed by atoms with Crippen LogP contribution in [0.1, 0.15) is 58.0 Å². The third-order valence-corrected chi connectivity index (χ3v) is 5.61. The minimum atomic E-state index is 0.0966. The summed E-state index contributed by atoms with van der Waals surface area (Å²) in [5, 5.41) is 3.99. The molecule has 0 radical (unpaired) electrons. The zero-order valence-electron chi connectivity index (χ0n) is 18.0. The van der Waals surface area contributed by atoms with E-state index < -0.39 is 0 Å². The van der Waals surface area contributed by atoms with E-state index in [1.807, 2.05) is 0 Å². The predicted molar refractivity (Wildman–Crippen MR) is 118 cm³/mol. The third-order valence-electron chi connectivity index (χ3n) is 4.79. The number of amides is 1. The van der Waals surface area contributed by atoms with Crippen molar-refractivity contribution >= 4 is 22.6 Å². The summed E-state index contributed by atoms with van der Waals surface area (Å²) in [5.74, 6) is 1.86. The van der Waals surface area contributed by atoms with Crippen LogP contribution in [0.3, 0.4) is 0 Å². The Bertz CT molecular complexity index is 739. The van der Waals surface area contributed by atoms with Gasteiger partial charge in [-0.25, -0.2) is 4.98 Å². The van der Waals surface area contributed by atoms with E-state index >= 15 is 0 Å². The first-order chi connectivity index (χ1) is 13.2. The number of aromatic nitrogens is 2. The Morgan fingerprint density at radius 1 is 1.14 bits per heavy atom.